The summed E-state index contributed by atoms with van der Waals surface area (Å²) in [5.74, 6) is -0.682. The van der Waals surface area contributed by atoms with Crippen molar-refractivity contribution in [3.63, 3.8) is 0 Å². The van der Waals surface area contributed by atoms with Gasteiger partial charge in [-0.25, -0.2) is 0 Å². The molecule has 3 heteroatoms. The summed E-state index contributed by atoms with van der Waals surface area (Å²) in [6.45, 7) is 1.86. The van der Waals surface area contributed by atoms with Gasteiger partial charge in [-0.1, -0.05) is 30.7 Å². The van der Waals surface area contributed by atoms with Gasteiger partial charge in [0.05, 0.1) is 12.1 Å². The largest absolute Gasteiger partial charge is 0.197 e. The summed E-state index contributed by atoms with van der Waals surface area (Å²) in [6.07, 6.45) is 0. The number of nitriles is 2. The van der Waals surface area contributed by atoms with Crippen LogP contribution in [0.15, 0.2) is 24.3 Å². The minimum Gasteiger partial charge on any atom is -0.197 e. The molecule has 0 radical (unpaired) electrons. The quantitative estimate of drug-likeness (QED) is 0.743. The monoisotopic (exact) mass is 204 g/mol. The van der Waals surface area contributed by atoms with E-state index in [1.165, 1.54) is 0 Å². The lowest BCUT2D eigenvalue weighted by atomic mass is 9.90. The van der Waals surface area contributed by atoms with Crippen molar-refractivity contribution in [1.29, 1.82) is 10.5 Å². The molecule has 1 rings (SSSR count). The zero-order valence-corrected chi connectivity index (χ0v) is 8.49. The molecule has 0 fully saturated rings. The predicted molar refractivity (Wildman–Crippen MR) is 54.6 cm³/mol. The zero-order valence-electron chi connectivity index (χ0n) is 7.74. The van der Waals surface area contributed by atoms with Crippen LogP contribution in [0.5, 0.6) is 0 Å². The molecule has 0 aliphatic rings. The molecule has 0 saturated heterocycles. The summed E-state index contributed by atoms with van der Waals surface area (Å²) in [7, 11) is 0. The van der Waals surface area contributed by atoms with E-state index in [9.17, 15) is 0 Å². The average Bonchev–Trinajstić information content (AvgIpc) is 2.20. The van der Waals surface area contributed by atoms with Crippen molar-refractivity contribution in [2.24, 2.45) is 5.92 Å². The summed E-state index contributed by atoms with van der Waals surface area (Å²) in [5.41, 5.74) is 0.961. The van der Waals surface area contributed by atoms with Crippen LogP contribution < -0.4 is 0 Å². The number of benzene rings is 1. The average molecular weight is 205 g/mol. The minimum atomic E-state index is -0.601. The zero-order chi connectivity index (χ0) is 10.6. The first-order valence-electron chi connectivity index (χ1n) is 4.23. The Bertz CT molecular complexity index is 369. The standard InChI is InChI=1S/C11H9ClN2/c1-8(10(6-13)7-14)9-2-4-11(12)5-3-9/h2-5,8,10H,1H3. The summed E-state index contributed by atoms with van der Waals surface area (Å²) in [4.78, 5) is 0. The van der Waals surface area contributed by atoms with Gasteiger partial charge in [0.15, 0.2) is 0 Å². The van der Waals surface area contributed by atoms with Crippen molar-refractivity contribution < 1.29 is 0 Å². The number of rotatable bonds is 2. The van der Waals surface area contributed by atoms with Crippen LogP contribution in [0.3, 0.4) is 0 Å². The minimum absolute atomic E-state index is 0.0812. The number of hydrogen-bond acceptors (Lipinski definition) is 2. The summed E-state index contributed by atoms with van der Waals surface area (Å²) < 4.78 is 0. The third-order valence-electron chi connectivity index (χ3n) is 2.17. The second-order valence-electron chi connectivity index (χ2n) is 3.08. The molecule has 0 N–H and O–H groups in total. The van der Waals surface area contributed by atoms with Crippen molar-refractivity contribution in [3.8, 4) is 12.1 Å². The van der Waals surface area contributed by atoms with Crippen LogP contribution >= 0.6 is 11.6 Å². The van der Waals surface area contributed by atoms with Gasteiger partial charge in [0.1, 0.15) is 5.92 Å². The molecule has 70 valence electrons. The molecule has 0 aliphatic carbocycles. The Hall–Kier alpha value is -1.51. The third-order valence-corrected chi connectivity index (χ3v) is 2.43. The van der Waals surface area contributed by atoms with Gasteiger partial charge >= 0.3 is 0 Å². The molecular weight excluding hydrogens is 196 g/mol. The smallest absolute Gasteiger partial charge is 0.139 e. The van der Waals surface area contributed by atoms with Crippen molar-refractivity contribution in [1.82, 2.24) is 0 Å². The van der Waals surface area contributed by atoms with Crippen molar-refractivity contribution >= 4 is 11.6 Å². The highest BCUT2D eigenvalue weighted by Gasteiger charge is 2.17. The molecule has 14 heavy (non-hydrogen) atoms. The highest BCUT2D eigenvalue weighted by molar-refractivity contribution is 6.30. The summed E-state index contributed by atoms with van der Waals surface area (Å²) in [5, 5.41) is 18.1. The maximum Gasteiger partial charge on any atom is 0.139 e. The molecule has 1 aromatic rings. The van der Waals surface area contributed by atoms with E-state index in [0.717, 1.165) is 5.56 Å². The second-order valence-corrected chi connectivity index (χ2v) is 3.51. The van der Waals surface area contributed by atoms with Crippen LogP contribution in [0.4, 0.5) is 0 Å². The van der Waals surface area contributed by atoms with E-state index >= 15 is 0 Å². The van der Waals surface area contributed by atoms with Crippen LogP contribution in [0, 0.1) is 28.6 Å². The van der Waals surface area contributed by atoms with Gasteiger partial charge in [-0.15, -0.1) is 0 Å². The Kier molecular flexibility index (Phi) is 3.51. The molecule has 0 aliphatic heterocycles. The lowest BCUT2D eigenvalue weighted by Gasteiger charge is -2.11. The van der Waals surface area contributed by atoms with E-state index in [2.05, 4.69) is 0 Å². The van der Waals surface area contributed by atoms with E-state index in [0.29, 0.717) is 5.02 Å². The second kappa shape index (κ2) is 4.65. The van der Waals surface area contributed by atoms with E-state index in [4.69, 9.17) is 22.1 Å². The van der Waals surface area contributed by atoms with E-state index < -0.39 is 5.92 Å². The number of hydrogen-bond donors (Lipinski definition) is 0. The van der Waals surface area contributed by atoms with Gasteiger partial charge in [-0.05, 0) is 17.7 Å². The highest BCUT2D eigenvalue weighted by Crippen LogP contribution is 2.24. The van der Waals surface area contributed by atoms with Crippen LogP contribution in [-0.4, -0.2) is 0 Å². The highest BCUT2D eigenvalue weighted by atomic mass is 35.5. The summed E-state index contributed by atoms with van der Waals surface area (Å²) in [6, 6.07) is 11.2. The predicted octanol–water partition coefficient (Wildman–Crippen LogP) is 3.11. The van der Waals surface area contributed by atoms with Gasteiger partial charge < -0.3 is 0 Å². The van der Waals surface area contributed by atoms with Gasteiger partial charge in [0.2, 0.25) is 0 Å². The third kappa shape index (κ3) is 2.25. The van der Waals surface area contributed by atoms with Gasteiger partial charge in [-0.3, -0.25) is 0 Å². The normalized spacial score (nSPS) is 11.8. The Morgan fingerprint density at radius 3 is 2.07 bits per heavy atom. The van der Waals surface area contributed by atoms with Crippen molar-refractivity contribution in [3.05, 3.63) is 34.9 Å². The van der Waals surface area contributed by atoms with E-state index in [-0.39, 0.29) is 5.92 Å². The van der Waals surface area contributed by atoms with Crippen LogP contribution in [-0.2, 0) is 0 Å². The first-order valence-corrected chi connectivity index (χ1v) is 4.61. The van der Waals surface area contributed by atoms with Crippen LogP contribution in [0.1, 0.15) is 18.4 Å². The topological polar surface area (TPSA) is 47.6 Å². The fourth-order valence-electron chi connectivity index (χ4n) is 1.21. The Labute approximate surface area is 88.3 Å². The maximum absolute atomic E-state index is 8.71. The molecule has 0 amide bonds. The molecule has 0 saturated carbocycles. The number of halogens is 1. The van der Waals surface area contributed by atoms with E-state index in [1.807, 2.05) is 31.2 Å². The van der Waals surface area contributed by atoms with Crippen LogP contribution in [0.25, 0.3) is 0 Å². The summed E-state index contributed by atoms with van der Waals surface area (Å²) >= 11 is 5.73. The first kappa shape index (κ1) is 10.6. The lowest BCUT2D eigenvalue weighted by Crippen LogP contribution is -2.05. The molecule has 0 aromatic heterocycles. The maximum atomic E-state index is 8.71. The molecule has 1 unspecified atom stereocenters. The molecule has 2 nitrogen and oxygen atoms in total. The van der Waals surface area contributed by atoms with Crippen molar-refractivity contribution in [2.75, 3.05) is 0 Å². The Morgan fingerprint density at radius 1 is 1.14 bits per heavy atom. The Balaban J connectivity index is 2.91. The molecule has 0 heterocycles. The van der Waals surface area contributed by atoms with E-state index in [1.54, 1.807) is 12.1 Å². The van der Waals surface area contributed by atoms with Crippen molar-refractivity contribution in [2.45, 2.75) is 12.8 Å². The SMILES string of the molecule is CC(c1ccc(Cl)cc1)C(C#N)C#N. The molecule has 0 spiro atoms. The van der Waals surface area contributed by atoms with Crippen LogP contribution in [0.2, 0.25) is 5.02 Å². The van der Waals surface area contributed by atoms with Gasteiger partial charge in [0, 0.05) is 10.9 Å². The van der Waals surface area contributed by atoms with Gasteiger partial charge in [-0.2, -0.15) is 10.5 Å². The molecule has 1 aromatic carbocycles. The fraction of sp³-hybridized carbons (Fsp3) is 0.273. The fourth-order valence-corrected chi connectivity index (χ4v) is 1.34. The first-order chi connectivity index (χ1) is 6.69. The lowest BCUT2D eigenvalue weighted by molar-refractivity contribution is 0.670. The molecular formula is C11H9ClN2. The number of nitrogens with zero attached hydrogens (tertiary/aromatic N) is 2. The van der Waals surface area contributed by atoms with Gasteiger partial charge in [0.25, 0.3) is 0 Å². The Morgan fingerprint density at radius 2 is 1.64 bits per heavy atom. The molecule has 0 bridgehead atoms. The molecule has 1 atom stereocenters.